The Hall–Kier alpha value is -6.70. The molecule has 0 fully saturated rings. The van der Waals surface area contributed by atoms with Gasteiger partial charge in [-0.3, -0.25) is 0 Å². The van der Waals surface area contributed by atoms with Gasteiger partial charge < -0.3 is 4.42 Å². The third kappa shape index (κ3) is 4.30. The van der Waals surface area contributed by atoms with E-state index in [4.69, 9.17) is 4.42 Å². The minimum absolute atomic E-state index is 0.911. The fourth-order valence-corrected chi connectivity index (χ4v) is 8.90. The van der Waals surface area contributed by atoms with E-state index in [1.807, 2.05) is 6.07 Å². The van der Waals surface area contributed by atoms with Crippen LogP contribution in [0, 0.1) is 0 Å². The molecule has 1 heteroatoms. The molecule has 10 aromatic rings. The first-order valence-electron chi connectivity index (χ1n) is 18.1. The normalized spacial score (nSPS) is 12.2. The van der Waals surface area contributed by atoms with E-state index in [1.165, 1.54) is 88.3 Å². The molecule has 0 N–H and O–H groups in total. The SMILES string of the molecule is c1ccc(-c2cc3c(c(-c4ccccc4)c2-c2c4ccccc4c(-c4ccc5oc6ccccc6c5c4)c4ccccc24)-c2ccccc2C3)cc1. The predicted octanol–water partition coefficient (Wildman–Crippen LogP) is 14.1. The zero-order valence-electron chi connectivity index (χ0n) is 28.4. The zero-order valence-corrected chi connectivity index (χ0v) is 28.4. The van der Waals surface area contributed by atoms with Gasteiger partial charge in [0.05, 0.1) is 0 Å². The van der Waals surface area contributed by atoms with Gasteiger partial charge >= 0.3 is 0 Å². The Kier molecular flexibility index (Phi) is 6.38. The summed E-state index contributed by atoms with van der Waals surface area (Å²) in [5, 5.41) is 7.25. The van der Waals surface area contributed by atoms with Crippen molar-refractivity contribution < 1.29 is 4.42 Å². The number of fused-ring (bicyclic) bond motifs is 8. The maximum absolute atomic E-state index is 6.27. The van der Waals surface area contributed by atoms with E-state index in [9.17, 15) is 0 Å². The van der Waals surface area contributed by atoms with Crippen molar-refractivity contribution in [1.29, 1.82) is 0 Å². The van der Waals surface area contributed by atoms with Gasteiger partial charge in [-0.1, -0.05) is 158 Å². The second-order valence-electron chi connectivity index (χ2n) is 13.9. The number of para-hydroxylation sites is 1. The van der Waals surface area contributed by atoms with Gasteiger partial charge in [0, 0.05) is 10.8 Å². The van der Waals surface area contributed by atoms with Crippen molar-refractivity contribution in [2.75, 3.05) is 0 Å². The average molecular weight is 661 g/mol. The third-order valence-electron chi connectivity index (χ3n) is 11.1. The molecule has 0 radical (unpaired) electrons. The molecule has 0 unspecified atom stereocenters. The van der Waals surface area contributed by atoms with Crippen LogP contribution in [0.4, 0.5) is 0 Å². The Labute approximate surface area is 302 Å². The van der Waals surface area contributed by atoms with Crippen LogP contribution >= 0.6 is 0 Å². The molecule has 11 rings (SSSR count). The molecule has 0 saturated heterocycles. The van der Waals surface area contributed by atoms with Gasteiger partial charge in [-0.25, -0.2) is 0 Å². The lowest BCUT2D eigenvalue weighted by molar-refractivity contribution is 0.669. The standard InChI is InChI=1S/C51H32O/c1-3-15-32(16-4-1)43-31-36-29-34-19-7-8-20-37(34)48(36)49(33-17-5-2-6-18-33)51(43)50-41-24-11-9-22-39(41)47(40-23-10-12-25-42(40)50)35-27-28-46-44(30-35)38-21-13-14-26-45(38)52-46/h1-28,30-31H,29H2. The molecule has 1 nitrogen and oxygen atoms in total. The van der Waals surface area contributed by atoms with Crippen LogP contribution in [0.3, 0.4) is 0 Å². The highest BCUT2D eigenvalue weighted by Crippen LogP contribution is 2.55. The Morgan fingerprint density at radius 3 is 1.56 bits per heavy atom. The van der Waals surface area contributed by atoms with Crippen LogP contribution in [0.1, 0.15) is 11.1 Å². The Morgan fingerprint density at radius 2 is 0.846 bits per heavy atom. The van der Waals surface area contributed by atoms with Crippen molar-refractivity contribution in [3.63, 3.8) is 0 Å². The predicted molar refractivity (Wildman–Crippen MR) is 219 cm³/mol. The van der Waals surface area contributed by atoms with Gasteiger partial charge in [0.25, 0.3) is 0 Å². The summed E-state index contributed by atoms with van der Waals surface area (Å²) < 4.78 is 6.27. The van der Waals surface area contributed by atoms with Crippen LogP contribution in [0.2, 0.25) is 0 Å². The van der Waals surface area contributed by atoms with Crippen LogP contribution < -0.4 is 0 Å². The monoisotopic (exact) mass is 660 g/mol. The number of hydrogen-bond donors (Lipinski definition) is 0. The topological polar surface area (TPSA) is 13.1 Å². The van der Waals surface area contributed by atoms with Crippen LogP contribution in [-0.2, 0) is 6.42 Å². The highest BCUT2D eigenvalue weighted by atomic mass is 16.3. The summed E-state index contributed by atoms with van der Waals surface area (Å²) in [6, 6.07) is 66.6. The molecule has 1 aliphatic rings. The molecule has 1 aromatic heterocycles. The molecule has 0 aliphatic heterocycles. The van der Waals surface area contributed by atoms with Crippen molar-refractivity contribution in [2.45, 2.75) is 6.42 Å². The molecule has 0 saturated carbocycles. The molecule has 242 valence electrons. The lowest BCUT2D eigenvalue weighted by atomic mass is 9.78. The second kappa shape index (κ2) is 11.4. The summed E-state index contributed by atoms with van der Waals surface area (Å²) >= 11 is 0. The molecular formula is C51H32O. The number of hydrogen-bond acceptors (Lipinski definition) is 1. The molecular weight excluding hydrogens is 629 g/mol. The van der Waals surface area contributed by atoms with Crippen molar-refractivity contribution in [1.82, 2.24) is 0 Å². The van der Waals surface area contributed by atoms with E-state index < -0.39 is 0 Å². The first-order chi connectivity index (χ1) is 25.8. The van der Waals surface area contributed by atoms with Crippen LogP contribution in [0.5, 0.6) is 0 Å². The molecule has 52 heavy (non-hydrogen) atoms. The summed E-state index contributed by atoms with van der Waals surface area (Å²) in [6.07, 6.45) is 0.928. The summed E-state index contributed by atoms with van der Waals surface area (Å²) in [7, 11) is 0. The Bertz CT molecular complexity index is 2960. The first-order valence-corrected chi connectivity index (χ1v) is 18.1. The molecule has 1 heterocycles. The van der Waals surface area contributed by atoms with Gasteiger partial charge in [0.1, 0.15) is 11.2 Å². The van der Waals surface area contributed by atoms with Gasteiger partial charge in [0.2, 0.25) is 0 Å². The fourth-order valence-electron chi connectivity index (χ4n) is 8.90. The highest BCUT2D eigenvalue weighted by molar-refractivity contribution is 6.25. The Morgan fingerprint density at radius 1 is 0.288 bits per heavy atom. The van der Waals surface area contributed by atoms with Crippen LogP contribution in [-0.4, -0.2) is 0 Å². The zero-order chi connectivity index (χ0) is 34.2. The first kappa shape index (κ1) is 29.1. The van der Waals surface area contributed by atoms with E-state index in [0.717, 1.165) is 28.4 Å². The smallest absolute Gasteiger partial charge is 0.135 e. The maximum Gasteiger partial charge on any atom is 0.135 e. The average Bonchev–Trinajstić information content (AvgIpc) is 3.78. The Balaban J connectivity index is 1.32. The molecule has 0 amide bonds. The minimum atomic E-state index is 0.911. The van der Waals surface area contributed by atoms with Gasteiger partial charge in [0.15, 0.2) is 0 Å². The summed E-state index contributed by atoms with van der Waals surface area (Å²) in [4.78, 5) is 0. The maximum atomic E-state index is 6.27. The summed E-state index contributed by atoms with van der Waals surface area (Å²) in [6.45, 7) is 0. The molecule has 0 atom stereocenters. The third-order valence-corrected chi connectivity index (χ3v) is 11.1. The minimum Gasteiger partial charge on any atom is -0.456 e. The van der Waals surface area contributed by atoms with E-state index >= 15 is 0 Å². The van der Waals surface area contributed by atoms with Crippen molar-refractivity contribution in [2.24, 2.45) is 0 Å². The number of benzene rings is 9. The lowest BCUT2D eigenvalue weighted by Gasteiger charge is -2.25. The second-order valence-corrected chi connectivity index (χ2v) is 13.9. The quantitative estimate of drug-likeness (QED) is 0.171. The number of furan rings is 1. The van der Waals surface area contributed by atoms with Crippen LogP contribution in [0.25, 0.3) is 99.1 Å². The van der Waals surface area contributed by atoms with Crippen molar-refractivity contribution in [3.05, 3.63) is 193 Å². The van der Waals surface area contributed by atoms with Gasteiger partial charge in [-0.2, -0.15) is 0 Å². The van der Waals surface area contributed by atoms with E-state index in [-0.39, 0.29) is 0 Å². The highest BCUT2D eigenvalue weighted by Gasteiger charge is 2.30. The van der Waals surface area contributed by atoms with E-state index in [0.29, 0.717) is 0 Å². The fraction of sp³-hybridized carbons (Fsp3) is 0.0196. The molecule has 0 spiro atoms. The van der Waals surface area contributed by atoms with Crippen molar-refractivity contribution in [3.8, 4) is 55.6 Å². The largest absolute Gasteiger partial charge is 0.456 e. The van der Waals surface area contributed by atoms with Gasteiger partial charge in [-0.15, -0.1) is 0 Å². The lowest BCUT2D eigenvalue weighted by Crippen LogP contribution is -1.98. The number of rotatable bonds is 4. The summed E-state index contributed by atoms with van der Waals surface area (Å²) in [5.41, 5.74) is 17.3. The van der Waals surface area contributed by atoms with Gasteiger partial charge in [-0.05, 0) is 119 Å². The summed E-state index contributed by atoms with van der Waals surface area (Å²) in [5.74, 6) is 0. The van der Waals surface area contributed by atoms with Crippen molar-refractivity contribution >= 4 is 43.5 Å². The molecule has 1 aliphatic carbocycles. The molecule has 9 aromatic carbocycles. The van der Waals surface area contributed by atoms with E-state index in [2.05, 4.69) is 176 Å². The van der Waals surface area contributed by atoms with E-state index in [1.54, 1.807) is 0 Å². The molecule has 0 bridgehead atoms. The van der Waals surface area contributed by atoms with Crippen LogP contribution in [0.15, 0.2) is 186 Å².